The maximum atomic E-state index is 12.5. The van der Waals surface area contributed by atoms with Crippen LogP contribution in [0.15, 0.2) is 53.4 Å². The van der Waals surface area contributed by atoms with E-state index in [1.807, 2.05) is 0 Å². The van der Waals surface area contributed by atoms with Crippen LogP contribution >= 0.6 is 0 Å². The van der Waals surface area contributed by atoms with Crippen molar-refractivity contribution in [1.82, 2.24) is 9.62 Å². The number of fused-ring (bicyclic) bond motifs is 1. The number of rotatable bonds is 8. The smallest absolute Gasteiger partial charge is 0.269 e. The van der Waals surface area contributed by atoms with Gasteiger partial charge in [0.25, 0.3) is 15.9 Å². The third kappa shape index (κ3) is 4.51. The third-order valence-corrected chi connectivity index (χ3v) is 6.26. The Bertz CT molecular complexity index is 1000. The summed E-state index contributed by atoms with van der Waals surface area (Å²) in [5, 5.41) is 2.74. The van der Waals surface area contributed by atoms with E-state index in [9.17, 15) is 18.0 Å². The largest absolute Gasteiger partial charge is 0.497 e. The van der Waals surface area contributed by atoms with Gasteiger partial charge in [-0.05, 0) is 43.3 Å². The SMILES string of the molecule is COc1ccc(OC[C@H](C)NC(=O)CCN2C(=O)c3ccccc3S2(=O)=O)cc1. The number of hydrogen-bond acceptors (Lipinski definition) is 6. The lowest BCUT2D eigenvalue weighted by molar-refractivity contribution is -0.121. The summed E-state index contributed by atoms with van der Waals surface area (Å²) in [7, 11) is -2.33. The molecular formula is C20H22N2O6S. The molecule has 154 valence electrons. The summed E-state index contributed by atoms with van der Waals surface area (Å²) in [5.41, 5.74) is 0.133. The Labute approximate surface area is 169 Å². The van der Waals surface area contributed by atoms with E-state index < -0.39 is 15.9 Å². The van der Waals surface area contributed by atoms with Crippen LogP contribution in [0.25, 0.3) is 0 Å². The maximum Gasteiger partial charge on any atom is 0.269 e. The molecule has 0 spiro atoms. The standard InChI is InChI=1S/C20H22N2O6S/c1-14(13-28-16-9-7-15(27-2)8-10-16)21-19(23)11-12-22-20(24)17-5-3-4-6-18(17)29(22,25)26/h3-10,14H,11-13H2,1-2H3,(H,21,23)/t14-/m0/s1. The van der Waals surface area contributed by atoms with Crippen LogP contribution in [0.1, 0.15) is 23.7 Å². The van der Waals surface area contributed by atoms with Crippen molar-refractivity contribution >= 4 is 21.8 Å². The van der Waals surface area contributed by atoms with E-state index in [0.717, 1.165) is 4.31 Å². The van der Waals surface area contributed by atoms with Gasteiger partial charge >= 0.3 is 0 Å². The molecule has 0 aromatic heterocycles. The van der Waals surface area contributed by atoms with Gasteiger partial charge in [0, 0.05) is 13.0 Å². The highest BCUT2D eigenvalue weighted by atomic mass is 32.2. The minimum Gasteiger partial charge on any atom is -0.497 e. The van der Waals surface area contributed by atoms with Crippen LogP contribution < -0.4 is 14.8 Å². The normalized spacial score (nSPS) is 15.5. The van der Waals surface area contributed by atoms with Crippen LogP contribution in [0.4, 0.5) is 0 Å². The Hall–Kier alpha value is -3.07. The quantitative estimate of drug-likeness (QED) is 0.702. The Morgan fingerprint density at radius 1 is 1.10 bits per heavy atom. The van der Waals surface area contributed by atoms with Crippen molar-refractivity contribution in [2.24, 2.45) is 0 Å². The van der Waals surface area contributed by atoms with Gasteiger partial charge in [0.05, 0.1) is 18.7 Å². The monoisotopic (exact) mass is 418 g/mol. The second kappa shape index (κ2) is 8.52. The lowest BCUT2D eigenvalue weighted by Gasteiger charge is -2.17. The van der Waals surface area contributed by atoms with E-state index in [1.165, 1.54) is 12.1 Å². The van der Waals surface area contributed by atoms with Crippen LogP contribution in [0.5, 0.6) is 11.5 Å². The summed E-state index contributed by atoms with van der Waals surface area (Å²) < 4.78 is 36.4. The second-order valence-corrected chi connectivity index (χ2v) is 8.41. The number of carbonyl (C=O) groups is 2. The molecule has 0 saturated heterocycles. The molecule has 1 atom stereocenters. The van der Waals surface area contributed by atoms with Crippen molar-refractivity contribution in [3.63, 3.8) is 0 Å². The zero-order valence-corrected chi connectivity index (χ0v) is 16.9. The number of carbonyl (C=O) groups excluding carboxylic acids is 2. The number of benzene rings is 2. The summed E-state index contributed by atoms with van der Waals surface area (Å²) >= 11 is 0. The van der Waals surface area contributed by atoms with E-state index >= 15 is 0 Å². The van der Waals surface area contributed by atoms with Crippen LogP contribution in [0, 0.1) is 0 Å². The zero-order chi connectivity index (χ0) is 21.0. The second-order valence-electron chi connectivity index (χ2n) is 6.58. The van der Waals surface area contributed by atoms with Crippen LogP contribution in [-0.2, 0) is 14.8 Å². The summed E-state index contributed by atoms with van der Waals surface area (Å²) in [6.07, 6.45) is -0.133. The lowest BCUT2D eigenvalue weighted by Crippen LogP contribution is -2.39. The Kier molecular flexibility index (Phi) is 6.07. The zero-order valence-electron chi connectivity index (χ0n) is 16.1. The van der Waals surface area contributed by atoms with Crippen LogP contribution in [0.2, 0.25) is 0 Å². The van der Waals surface area contributed by atoms with Gasteiger partial charge in [-0.1, -0.05) is 12.1 Å². The molecule has 0 unspecified atom stereocenters. The van der Waals surface area contributed by atoms with Crippen LogP contribution in [0.3, 0.4) is 0 Å². The van der Waals surface area contributed by atoms with Crippen molar-refractivity contribution < 1.29 is 27.5 Å². The van der Waals surface area contributed by atoms with Gasteiger partial charge < -0.3 is 14.8 Å². The highest BCUT2D eigenvalue weighted by Crippen LogP contribution is 2.29. The molecule has 0 aliphatic carbocycles. The fourth-order valence-corrected chi connectivity index (χ4v) is 4.51. The molecule has 2 aromatic carbocycles. The first-order valence-electron chi connectivity index (χ1n) is 9.05. The van der Waals surface area contributed by atoms with Gasteiger partial charge in [-0.15, -0.1) is 0 Å². The minimum atomic E-state index is -3.90. The van der Waals surface area contributed by atoms with E-state index in [2.05, 4.69) is 5.32 Å². The fraction of sp³-hybridized carbons (Fsp3) is 0.300. The number of methoxy groups -OCH3 is 1. The molecule has 1 aliphatic heterocycles. The summed E-state index contributed by atoms with van der Waals surface area (Å²) in [4.78, 5) is 24.5. The predicted molar refractivity (Wildman–Crippen MR) is 105 cm³/mol. The van der Waals surface area contributed by atoms with Gasteiger partial charge in [-0.3, -0.25) is 9.59 Å². The molecule has 2 amide bonds. The number of amides is 2. The predicted octanol–water partition coefficient (Wildman–Crippen LogP) is 1.81. The number of nitrogens with zero attached hydrogens (tertiary/aromatic N) is 1. The lowest BCUT2D eigenvalue weighted by atomic mass is 10.2. The molecule has 1 aliphatic rings. The first-order valence-corrected chi connectivity index (χ1v) is 10.5. The molecule has 0 bridgehead atoms. The molecule has 1 N–H and O–H groups in total. The average Bonchev–Trinajstić information content (AvgIpc) is 2.91. The third-order valence-electron chi connectivity index (χ3n) is 4.42. The first-order chi connectivity index (χ1) is 13.8. The van der Waals surface area contributed by atoms with Gasteiger partial charge in [0.1, 0.15) is 23.0 Å². The molecule has 1 heterocycles. The average molecular weight is 418 g/mol. The highest BCUT2D eigenvalue weighted by molar-refractivity contribution is 7.90. The molecule has 8 nitrogen and oxygen atoms in total. The molecule has 29 heavy (non-hydrogen) atoms. The van der Waals surface area contributed by atoms with E-state index in [-0.39, 0.29) is 42.0 Å². The van der Waals surface area contributed by atoms with Crippen molar-refractivity contribution in [1.29, 1.82) is 0 Å². The van der Waals surface area contributed by atoms with Crippen molar-refractivity contribution in [3.05, 3.63) is 54.1 Å². The summed E-state index contributed by atoms with van der Waals surface area (Å²) in [6, 6.07) is 12.8. The molecule has 3 rings (SSSR count). The number of sulfonamides is 1. The molecule has 0 fully saturated rings. The number of hydrogen-bond donors (Lipinski definition) is 1. The maximum absolute atomic E-state index is 12.5. The summed E-state index contributed by atoms with van der Waals surface area (Å²) in [6.45, 7) is 1.80. The Balaban J connectivity index is 1.49. The summed E-state index contributed by atoms with van der Waals surface area (Å²) in [5.74, 6) is 0.379. The van der Waals surface area contributed by atoms with Crippen molar-refractivity contribution in [2.45, 2.75) is 24.3 Å². The van der Waals surface area contributed by atoms with E-state index in [1.54, 1.807) is 50.4 Å². The van der Waals surface area contributed by atoms with E-state index in [0.29, 0.717) is 11.5 Å². The first kappa shape index (κ1) is 20.7. The Morgan fingerprint density at radius 2 is 1.76 bits per heavy atom. The van der Waals surface area contributed by atoms with Gasteiger partial charge in [0.2, 0.25) is 5.91 Å². The number of ether oxygens (including phenoxy) is 2. The van der Waals surface area contributed by atoms with Crippen LogP contribution in [-0.4, -0.2) is 50.8 Å². The molecule has 2 aromatic rings. The number of nitrogens with one attached hydrogen (secondary N) is 1. The minimum absolute atomic E-state index is 0.0216. The van der Waals surface area contributed by atoms with Gasteiger partial charge in [-0.25, -0.2) is 12.7 Å². The van der Waals surface area contributed by atoms with Crippen molar-refractivity contribution in [3.8, 4) is 11.5 Å². The molecule has 0 saturated carbocycles. The highest BCUT2D eigenvalue weighted by Gasteiger charge is 2.40. The van der Waals surface area contributed by atoms with Gasteiger partial charge in [0.15, 0.2) is 0 Å². The molecule has 9 heteroatoms. The molecular weight excluding hydrogens is 396 g/mol. The molecule has 0 radical (unpaired) electrons. The fourth-order valence-electron chi connectivity index (χ4n) is 2.94. The Morgan fingerprint density at radius 3 is 2.41 bits per heavy atom. The van der Waals surface area contributed by atoms with Crippen molar-refractivity contribution in [2.75, 3.05) is 20.3 Å². The van der Waals surface area contributed by atoms with Gasteiger partial charge in [-0.2, -0.15) is 0 Å². The van der Waals surface area contributed by atoms with E-state index in [4.69, 9.17) is 9.47 Å². The topological polar surface area (TPSA) is 102 Å².